The van der Waals surface area contributed by atoms with E-state index >= 15 is 13.2 Å². The molecule has 0 aliphatic carbocycles. The molecule has 0 radical (unpaired) electrons. The van der Waals surface area contributed by atoms with Crippen LogP contribution in [0.15, 0.2) is 102 Å². The topological polar surface area (TPSA) is 69.3 Å². The van der Waals surface area contributed by atoms with Crippen LogP contribution in [0.25, 0.3) is 18.2 Å². The number of hydrogen-bond acceptors (Lipinski definition) is 6. The van der Waals surface area contributed by atoms with Crippen molar-refractivity contribution in [1.82, 2.24) is 0 Å². The Morgan fingerprint density at radius 1 is 0.959 bits per heavy atom. The van der Waals surface area contributed by atoms with E-state index in [1.54, 1.807) is 24.3 Å². The highest BCUT2D eigenvalue weighted by molar-refractivity contribution is 7.13. The third-order valence-corrected chi connectivity index (χ3v) is 9.12. The van der Waals surface area contributed by atoms with Crippen molar-refractivity contribution in [3.63, 3.8) is 0 Å². The van der Waals surface area contributed by atoms with Gasteiger partial charge in [-0.2, -0.15) is 23.7 Å². The van der Waals surface area contributed by atoms with E-state index < -0.39 is 11.8 Å². The maximum Gasteiger partial charge on any atom is 0.437 e. The first-order valence-electron chi connectivity index (χ1n) is 16.3. The highest BCUT2D eigenvalue weighted by Crippen LogP contribution is 2.56. The van der Waals surface area contributed by atoms with Gasteiger partial charge in [0.15, 0.2) is 5.76 Å². The van der Waals surface area contributed by atoms with Gasteiger partial charge in [0.2, 0.25) is 0 Å². The van der Waals surface area contributed by atoms with E-state index in [-0.39, 0.29) is 28.0 Å². The number of nitriles is 2. The summed E-state index contributed by atoms with van der Waals surface area (Å²) < 4.78 is 56.8. The van der Waals surface area contributed by atoms with E-state index in [0.717, 1.165) is 60.7 Å². The van der Waals surface area contributed by atoms with E-state index in [1.165, 1.54) is 48.6 Å². The SMILES string of the molecule is C=CCOc1cc(N(CCCC)CCCC)ccc1/C=C/c1ccc(/C=C/C2=C(C#N)C(=C(/C)C#N)/OC2(c2ccccc2)C(F)(F)F)s1. The molecule has 4 rings (SSSR count). The van der Waals surface area contributed by atoms with Crippen LogP contribution < -0.4 is 9.64 Å². The Hall–Kier alpha value is -4.99. The number of nitrogens with zero attached hydrogens (tertiary/aromatic N) is 3. The smallest absolute Gasteiger partial charge is 0.437 e. The van der Waals surface area contributed by atoms with Crippen molar-refractivity contribution in [1.29, 1.82) is 10.5 Å². The number of hydrogen-bond donors (Lipinski definition) is 0. The summed E-state index contributed by atoms with van der Waals surface area (Å²) in [5.41, 5.74) is -1.97. The number of anilines is 1. The summed E-state index contributed by atoms with van der Waals surface area (Å²) in [6.07, 6.45) is 7.90. The molecule has 0 spiro atoms. The fourth-order valence-corrected chi connectivity index (χ4v) is 6.35. The van der Waals surface area contributed by atoms with Gasteiger partial charge in [-0.3, -0.25) is 0 Å². The van der Waals surface area contributed by atoms with E-state index in [0.29, 0.717) is 11.5 Å². The average molecular weight is 684 g/mol. The fourth-order valence-electron chi connectivity index (χ4n) is 5.53. The lowest BCUT2D eigenvalue weighted by Gasteiger charge is -2.33. The van der Waals surface area contributed by atoms with Gasteiger partial charge >= 0.3 is 6.18 Å². The molecule has 2 aromatic carbocycles. The molecule has 1 atom stereocenters. The lowest BCUT2D eigenvalue weighted by atomic mass is 9.84. The summed E-state index contributed by atoms with van der Waals surface area (Å²) >= 11 is 1.38. The first kappa shape index (κ1) is 36.8. The van der Waals surface area contributed by atoms with E-state index in [1.807, 2.05) is 36.4 Å². The van der Waals surface area contributed by atoms with Crippen LogP contribution in [0.5, 0.6) is 5.75 Å². The van der Waals surface area contributed by atoms with Gasteiger partial charge in [0.1, 0.15) is 24.0 Å². The minimum atomic E-state index is -4.94. The van der Waals surface area contributed by atoms with Crippen LogP contribution in [0.1, 0.15) is 67.3 Å². The zero-order valence-electron chi connectivity index (χ0n) is 28.0. The number of halogens is 3. The second-order valence-corrected chi connectivity index (χ2v) is 12.7. The molecular formula is C40H40F3N3O2S. The van der Waals surface area contributed by atoms with Crippen LogP contribution in [0.4, 0.5) is 18.9 Å². The molecule has 1 aliphatic rings. The lowest BCUT2D eigenvalue weighted by Crippen LogP contribution is -2.43. The Labute approximate surface area is 291 Å². The summed E-state index contributed by atoms with van der Waals surface area (Å²) in [4.78, 5) is 3.94. The normalized spacial score (nSPS) is 17.2. The molecule has 0 N–H and O–H groups in total. The summed E-state index contributed by atoms with van der Waals surface area (Å²) in [7, 11) is 0. The van der Waals surface area contributed by atoms with Gasteiger partial charge in [0, 0.05) is 51.3 Å². The van der Waals surface area contributed by atoms with Gasteiger partial charge in [-0.25, -0.2) is 0 Å². The van der Waals surface area contributed by atoms with Crippen LogP contribution in [-0.2, 0) is 10.3 Å². The molecule has 9 heteroatoms. The first-order chi connectivity index (χ1) is 23.6. The average Bonchev–Trinajstić information content (AvgIpc) is 3.71. The number of thiophene rings is 1. The Morgan fingerprint density at radius 3 is 2.18 bits per heavy atom. The van der Waals surface area contributed by atoms with Crippen molar-refractivity contribution in [2.45, 2.75) is 58.2 Å². The molecule has 0 bridgehead atoms. The van der Waals surface area contributed by atoms with Gasteiger partial charge in [0.25, 0.3) is 5.60 Å². The molecule has 1 aromatic heterocycles. The minimum Gasteiger partial charge on any atom is -0.489 e. The fraction of sp³-hybridized carbons (Fsp3) is 0.300. The van der Waals surface area contributed by atoms with E-state index in [9.17, 15) is 10.5 Å². The number of allylic oxidation sites excluding steroid dienone is 2. The number of benzene rings is 2. The zero-order valence-corrected chi connectivity index (χ0v) is 28.8. The predicted octanol–water partition coefficient (Wildman–Crippen LogP) is 11.0. The van der Waals surface area contributed by atoms with Crippen LogP contribution in [0.3, 0.4) is 0 Å². The molecule has 0 fully saturated rings. The molecule has 5 nitrogen and oxygen atoms in total. The van der Waals surface area contributed by atoms with Crippen molar-refractivity contribution >= 4 is 35.3 Å². The van der Waals surface area contributed by atoms with Gasteiger partial charge in [-0.1, -0.05) is 75.8 Å². The molecule has 2 heterocycles. The standard InChI is InChI=1S/C40H40F3N3O2S/c1-5-8-23-46(24-9-6-2)32-17-15-30(37(26-32)47-25-7-3)16-18-33-19-20-34(49-33)21-22-36-35(28-45)38(29(4)27-44)48-39(36,40(41,42)43)31-13-11-10-12-14-31/h7,10-22,26H,3,5-6,8-9,23-25H2,1-2,4H3/b18-16+,22-21+,38-29+. The molecule has 254 valence electrons. The van der Waals surface area contributed by atoms with Gasteiger partial charge in [0.05, 0.1) is 11.6 Å². The number of unbranched alkanes of at least 4 members (excludes halogenated alkanes) is 2. The molecule has 1 unspecified atom stereocenters. The molecule has 0 amide bonds. The highest BCUT2D eigenvalue weighted by Gasteiger charge is 2.65. The quantitative estimate of drug-likeness (QED) is 0.118. The van der Waals surface area contributed by atoms with Crippen molar-refractivity contribution in [3.8, 4) is 17.9 Å². The van der Waals surface area contributed by atoms with Crippen LogP contribution in [0, 0.1) is 22.7 Å². The minimum absolute atomic E-state index is 0.118. The van der Waals surface area contributed by atoms with Crippen molar-refractivity contribution < 1.29 is 22.6 Å². The summed E-state index contributed by atoms with van der Waals surface area (Å²) in [6.45, 7) is 11.8. The maximum absolute atomic E-state index is 15.0. The number of alkyl halides is 3. The maximum atomic E-state index is 15.0. The molecule has 3 aromatic rings. The summed E-state index contributed by atoms with van der Waals surface area (Å²) in [5.74, 6) is 0.362. The summed E-state index contributed by atoms with van der Waals surface area (Å²) in [5, 5.41) is 19.5. The molecule has 1 aliphatic heterocycles. The van der Waals surface area contributed by atoms with Crippen molar-refractivity contribution in [2.24, 2.45) is 0 Å². The molecule has 49 heavy (non-hydrogen) atoms. The predicted molar refractivity (Wildman–Crippen MR) is 193 cm³/mol. The third kappa shape index (κ3) is 8.36. The van der Waals surface area contributed by atoms with Gasteiger partial charge in [-0.05, 0) is 62.3 Å². The van der Waals surface area contributed by atoms with Crippen LogP contribution in [-0.4, -0.2) is 25.9 Å². The van der Waals surface area contributed by atoms with Gasteiger partial charge in [-0.15, -0.1) is 11.3 Å². The van der Waals surface area contributed by atoms with Crippen LogP contribution >= 0.6 is 11.3 Å². The van der Waals surface area contributed by atoms with Gasteiger partial charge < -0.3 is 14.4 Å². The monoisotopic (exact) mass is 683 g/mol. The summed E-state index contributed by atoms with van der Waals surface area (Å²) in [6, 6.07) is 20.8. The first-order valence-corrected chi connectivity index (χ1v) is 17.1. The Morgan fingerprint density at radius 2 is 1.61 bits per heavy atom. The zero-order chi connectivity index (χ0) is 35.4. The van der Waals surface area contributed by atoms with Crippen molar-refractivity contribution in [2.75, 3.05) is 24.6 Å². The highest BCUT2D eigenvalue weighted by atomic mass is 32.1. The molecular weight excluding hydrogens is 644 g/mol. The van der Waals surface area contributed by atoms with Crippen molar-refractivity contribution in [3.05, 3.63) is 123 Å². The number of rotatable bonds is 15. The van der Waals surface area contributed by atoms with E-state index in [2.05, 4.69) is 37.5 Å². The Kier molecular flexibility index (Phi) is 12.7. The largest absolute Gasteiger partial charge is 0.489 e. The number of ether oxygens (including phenoxy) is 2. The van der Waals surface area contributed by atoms with Crippen LogP contribution in [0.2, 0.25) is 0 Å². The van der Waals surface area contributed by atoms with E-state index in [4.69, 9.17) is 9.47 Å². The Bertz CT molecular complexity index is 1820. The third-order valence-electron chi connectivity index (χ3n) is 8.10. The Balaban J connectivity index is 1.68. The lowest BCUT2D eigenvalue weighted by molar-refractivity contribution is -0.249. The second kappa shape index (κ2) is 16.9. The second-order valence-electron chi connectivity index (χ2n) is 11.5. The molecule has 0 saturated heterocycles. The molecule has 0 saturated carbocycles.